The number of hydrogen-bond acceptors (Lipinski definition) is 5. The van der Waals surface area contributed by atoms with E-state index in [0.29, 0.717) is 11.3 Å². The van der Waals surface area contributed by atoms with Crippen LogP contribution in [0.5, 0.6) is 11.5 Å². The Morgan fingerprint density at radius 2 is 2.17 bits per heavy atom. The lowest BCUT2D eigenvalue weighted by Gasteiger charge is -2.16. The summed E-state index contributed by atoms with van der Waals surface area (Å²) in [4.78, 5) is 21.7. The molecule has 0 saturated heterocycles. The molecule has 0 aromatic heterocycles. The molecule has 0 amide bonds. The van der Waals surface area contributed by atoms with Crippen LogP contribution in [0.3, 0.4) is 0 Å². The van der Waals surface area contributed by atoms with Crippen LogP contribution in [0.25, 0.3) is 6.08 Å². The average Bonchev–Trinajstić information content (AvgIpc) is 2.37. The summed E-state index contributed by atoms with van der Waals surface area (Å²) in [6.07, 6.45) is 0.691. The molecule has 0 spiro atoms. The molecule has 18 heavy (non-hydrogen) atoms. The molecule has 0 radical (unpaired) electrons. The van der Waals surface area contributed by atoms with E-state index in [1.165, 1.54) is 25.3 Å². The number of carboxylic acids is 1. The van der Waals surface area contributed by atoms with Crippen molar-refractivity contribution in [3.63, 3.8) is 0 Å². The van der Waals surface area contributed by atoms with Crippen molar-refractivity contribution in [3.05, 3.63) is 29.3 Å². The number of carboxylic acid groups (broad SMARTS) is 1. The fraction of sp³-hybridized carbons (Fsp3) is 0.167. The Labute approximate surface area is 102 Å². The summed E-state index contributed by atoms with van der Waals surface area (Å²) >= 11 is 0. The van der Waals surface area contributed by atoms with Gasteiger partial charge in [0.1, 0.15) is 18.1 Å². The highest BCUT2D eigenvalue weighted by Gasteiger charge is 2.17. The molecule has 1 aromatic carbocycles. The lowest BCUT2D eigenvalue weighted by atomic mass is 10.1. The highest BCUT2D eigenvalue weighted by atomic mass is 16.7. The molecule has 0 aliphatic carbocycles. The molecular weight excluding hydrogens is 240 g/mol. The minimum atomic E-state index is -1.02. The molecule has 0 fully saturated rings. The standard InChI is InChI=1S/C12H10O6/c1-16-12(15)18-9-3-2-7-4-8(11(13)14)6-17-10(7)5-9/h2-5H,6H2,1H3,(H,13,14). The van der Waals surface area contributed by atoms with Crippen LogP contribution in [0.1, 0.15) is 5.56 Å². The fourth-order valence-corrected chi connectivity index (χ4v) is 1.47. The highest BCUT2D eigenvalue weighted by Crippen LogP contribution is 2.30. The Balaban J connectivity index is 2.25. The number of carbonyl (C=O) groups excluding carboxylic acids is 1. The molecule has 0 saturated carbocycles. The topological polar surface area (TPSA) is 82.1 Å². The van der Waals surface area contributed by atoms with Crippen molar-refractivity contribution >= 4 is 18.2 Å². The van der Waals surface area contributed by atoms with Crippen LogP contribution in [-0.4, -0.2) is 30.9 Å². The predicted molar refractivity (Wildman–Crippen MR) is 60.6 cm³/mol. The summed E-state index contributed by atoms with van der Waals surface area (Å²) in [7, 11) is 1.21. The quantitative estimate of drug-likeness (QED) is 0.635. The molecule has 6 heteroatoms. The summed E-state index contributed by atoms with van der Waals surface area (Å²) in [5, 5.41) is 8.84. The van der Waals surface area contributed by atoms with Gasteiger partial charge in [0.05, 0.1) is 12.7 Å². The number of carbonyl (C=O) groups is 2. The van der Waals surface area contributed by atoms with Gasteiger partial charge in [0, 0.05) is 11.6 Å². The van der Waals surface area contributed by atoms with E-state index in [-0.39, 0.29) is 17.9 Å². The van der Waals surface area contributed by atoms with Crippen molar-refractivity contribution < 1.29 is 28.9 Å². The van der Waals surface area contributed by atoms with E-state index in [4.69, 9.17) is 14.6 Å². The first-order valence-electron chi connectivity index (χ1n) is 5.06. The first-order chi connectivity index (χ1) is 8.60. The third kappa shape index (κ3) is 2.42. The van der Waals surface area contributed by atoms with Gasteiger partial charge in [-0.05, 0) is 18.2 Å². The summed E-state index contributed by atoms with van der Waals surface area (Å²) in [5.74, 6) is -0.287. The summed E-state index contributed by atoms with van der Waals surface area (Å²) in [5.41, 5.74) is 0.792. The van der Waals surface area contributed by atoms with E-state index >= 15 is 0 Å². The fourth-order valence-electron chi connectivity index (χ4n) is 1.47. The second kappa shape index (κ2) is 4.79. The molecular formula is C12H10O6. The molecule has 0 bridgehead atoms. The van der Waals surface area contributed by atoms with Crippen LogP contribution in [-0.2, 0) is 9.53 Å². The van der Waals surface area contributed by atoms with Crippen molar-refractivity contribution in [2.24, 2.45) is 0 Å². The normalized spacial score (nSPS) is 12.8. The zero-order chi connectivity index (χ0) is 13.1. The smallest absolute Gasteiger partial charge is 0.488 e. The molecule has 1 aliphatic rings. The van der Waals surface area contributed by atoms with Crippen LogP contribution in [0, 0.1) is 0 Å². The van der Waals surface area contributed by atoms with Gasteiger partial charge in [-0.2, -0.15) is 0 Å². The Morgan fingerprint density at radius 1 is 1.39 bits per heavy atom. The second-order valence-corrected chi connectivity index (χ2v) is 3.52. The number of rotatable bonds is 2. The Bertz CT molecular complexity index is 531. The van der Waals surface area contributed by atoms with Crippen molar-refractivity contribution in [1.29, 1.82) is 0 Å². The maximum atomic E-state index is 10.9. The van der Waals surface area contributed by atoms with Crippen LogP contribution in [0.4, 0.5) is 4.79 Å². The minimum absolute atomic E-state index is 0.0238. The van der Waals surface area contributed by atoms with Gasteiger partial charge in [0.15, 0.2) is 0 Å². The molecule has 1 N–H and O–H groups in total. The molecule has 0 unspecified atom stereocenters. The van der Waals surface area contributed by atoms with E-state index in [1.54, 1.807) is 6.07 Å². The SMILES string of the molecule is COC(=O)Oc1ccc2c(c1)OCC(C(=O)O)=C2. The van der Waals surface area contributed by atoms with E-state index in [9.17, 15) is 9.59 Å². The largest absolute Gasteiger partial charge is 0.513 e. The maximum absolute atomic E-state index is 10.9. The van der Waals surface area contributed by atoms with Gasteiger partial charge >= 0.3 is 12.1 Å². The van der Waals surface area contributed by atoms with Crippen molar-refractivity contribution in [2.75, 3.05) is 13.7 Å². The van der Waals surface area contributed by atoms with Gasteiger partial charge in [0.25, 0.3) is 0 Å². The molecule has 0 atom stereocenters. The summed E-state index contributed by atoms with van der Waals surface area (Å²) < 4.78 is 14.5. The zero-order valence-electron chi connectivity index (χ0n) is 9.50. The van der Waals surface area contributed by atoms with Crippen LogP contribution in [0.2, 0.25) is 0 Å². The number of fused-ring (bicyclic) bond motifs is 1. The number of methoxy groups -OCH3 is 1. The molecule has 1 aliphatic heterocycles. The Morgan fingerprint density at radius 3 is 2.83 bits per heavy atom. The van der Waals surface area contributed by atoms with Crippen molar-refractivity contribution in [3.8, 4) is 11.5 Å². The van der Waals surface area contributed by atoms with Crippen LogP contribution in [0.15, 0.2) is 23.8 Å². The third-order valence-corrected chi connectivity index (χ3v) is 2.34. The van der Waals surface area contributed by atoms with Gasteiger partial charge in [-0.1, -0.05) is 0 Å². The van der Waals surface area contributed by atoms with Crippen LogP contribution < -0.4 is 9.47 Å². The van der Waals surface area contributed by atoms with E-state index in [2.05, 4.69) is 4.74 Å². The van der Waals surface area contributed by atoms with E-state index in [1.807, 2.05) is 0 Å². The monoisotopic (exact) mass is 250 g/mol. The lowest BCUT2D eigenvalue weighted by molar-refractivity contribution is -0.132. The molecule has 1 heterocycles. The lowest BCUT2D eigenvalue weighted by Crippen LogP contribution is -2.14. The average molecular weight is 250 g/mol. The number of aliphatic carboxylic acids is 1. The van der Waals surface area contributed by atoms with Crippen molar-refractivity contribution in [2.45, 2.75) is 0 Å². The first kappa shape index (κ1) is 12.0. The Kier molecular flexibility index (Phi) is 3.18. The Hall–Kier alpha value is -2.50. The van der Waals surface area contributed by atoms with Gasteiger partial charge < -0.3 is 19.3 Å². The highest BCUT2D eigenvalue weighted by molar-refractivity contribution is 5.93. The predicted octanol–water partition coefficient (Wildman–Crippen LogP) is 1.69. The summed E-state index contributed by atoms with van der Waals surface area (Å²) in [6.45, 7) is -0.0238. The summed E-state index contributed by atoms with van der Waals surface area (Å²) in [6, 6.07) is 4.64. The van der Waals surface area contributed by atoms with Crippen LogP contribution >= 0.6 is 0 Å². The zero-order valence-corrected chi connectivity index (χ0v) is 9.50. The molecule has 6 nitrogen and oxygen atoms in total. The van der Waals surface area contributed by atoms with Gasteiger partial charge in [-0.3, -0.25) is 0 Å². The maximum Gasteiger partial charge on any atom is 0.513 e. The molecule has 1 aromatic rings. The van der Waals surface area contributed by atoms with Gasteiger partial charge in [-0.15, -0.1) is 0 Å². The van der Waals surface area contributed by atoms with E-state index < -0.39 is 12.1 Å². The number of benzene rings is 1. The second-order valence-electron chi connectivity index (χ2n) is 3.52. The molecule has 2 rings (SSSR count). The van der Waals surface area contributed by atoms with E-state index in [0.717, 1.165) is 0 Å². The number of ether oxygens (including phenoxy) is 3. The minimum Gasteiger partial charge on any atom is -0.488 e. The first-order valence-corrected chi connectivity index (χ1v) is 5.06. The van der Waals surface area contributed by atoms with Gasteiger partial charge in [-0.25, -0.2) is 9.59 Å². The molecule has 94 valence electrons. The third-order valence-electron chi connectivity index (χ3n) is 2.34. The number of hydrogen-bond donors (Lipinski definition) is 1. The van der Waals surface area contributed by atoms with Gasteiger partial charge in [0.2, 0.25) is 0 Å². The van der Waals surface area contributed by atoms with Crippen molar-refractivity contribution in [1.82, 2.24) is 0 Å².